The molecule has 0 atom stereocenters. The maximum atomic E-state index is 12.6. The minimum Gasteiger partial charge on any atom is -0.417 e. The molecule has 4 aromatic rings. The number of anilines is 1. The topological polar surface area (TPSA) is 120 Å². The fourth-order valence-electron chi connectivity index (χ4n) is 2.83. The normalized spacial score (nSPS) is 11.9. The van der Waals surface area contributed by atoms with Crippen LogP contribution < -0.4 is 14.5 Å². The van der Waals surface area contributed by atoms with Crippen molar-refractivity contribution in [1.82, 2.24) is 0 Å². The smallest absolute Gasteiger partial charge is 0.360 e. The average Bonchev–Trinajstić information content (AvgIpc) is 2.75. The molecule has 0 saturated carbocycles. The molecule has 164 valence electrons. The Balaban J connectivity index is 1.71. The van der Waals surface area contributed by atoms with Crippen LogP contribution in [0.1, 0.15) is 0 Å². The fourth-order valence-corrected chi connectivity index (χ4v) is 4.95. The van der Waals surface area contributed by atoms with Crippen LogP contribution in [0.3, 0.4) is 0 Å². The van der Waals surface area contributed by atoms with Gasteiger partial charge in [-0.05, 0) is 48.5 Å². The highest BCUT2D eigenvalue weighted by molar-refractivity contribution is 7.92. The zero-order valence-electron chi connectivity index (χ0n) is 16.1. The van der Waals surface area contributed by atoms with E-state index in [0.29, 0.717) is 5.02 Å². The van der Waals surface area contributed by atoms with Crippen LogP contribution in [0.4, 0.5) is 5.69 Å². The quantitative estimate of drug-likeness (QED) is 0.319. The number of halogens is 1. The highest BCUT2D eigenvalue weighted by Crippen LogP contribution is 2.29. The van der Waals surface area contributed by atoms with Gasteiger partial charge in [-0.2, -0.15) is 8.42 Å². The van der Waals surface area contributed by atoms with Crippen LogP contribution in [-0.2, 0) is 20.1 Å². The Morgan fingerprint density at radius 1 is 0.812 bits per heavy atom. The standard InChI is InChI=1S/C21H14ClNO7S2/c22-15-9-11-16(12-10-15)31(25,26)23-18-13-14-5-4-8-19(20(14)29-21(18)24)30-32(27,28)17-6-2-1-3-7-17/h1-13,23H. The number of hydrogen-bond acceptors (Lipinski definition) is 7. The second kappa shape index (κ2) is 8.30. The molecule has 0 aliphatic rings. The molecule has 4 rings (SSSR count). The maximum absolute atomic E-state index is 12.6. The van der Waals surface area contributed by atoms with E-state index in [-0.39, 0.29) is 32.2 Å². The zero-order valence-corrected chi connectivity index (χ0v) is 18.4. The van der Waals surface area contributed by atoms with Crippen molar-refractivity contribution in [2.45, 2.75) is 9.79 Å². The van der Waals surface area contributed by atoms with Gasteiger partial charge in [-0.1, -0.05) is 41.9 Å². The average molecular weight is 492 g/mol. The first kappa shape index (κ1) is 21.9. The molecule has 0 saturated heterocycles. The van der Waals surface area contributed by atoms with E-state index in [1.165, 1.54) is 60.7 Å². The van der Waals surface area contributed by atoms with E-state index >= 15 is 0 Å². The van der Waals surface area contributed by atoms with Gasteiger partial charge in [0.15, 0.2) is 11.3 Å². The van der Waals surface area contributed by atoms with Crippen molar-refractivity contribution in [2.75, 3.05) is 4.72 Å². The highest BCUT2D eigenvalue weighted by atomic mass is 35.5. The van der Waals surface area contributed by atoms with E-state index in [0.717, 1.165) is 0 Å². The monoisotopic (exact) mass is 491 g/mol. The van der Waals surface area contributed by atoms with Gasteiger partial charge in [0, 0.05) is 10.4 Å². The molecule has 1 aromatic heterocycles. The molecular formula is C21H14ClNO7S2. The number of benzene rings is 3. The van der Waals surface area contributed by atoms with Gasteiger partial charge >= 0.3 is 15.7 Å². The molecule has 0 radical (unpaired) electrons. The van der Waals surface area contributed by atoms with Gasteiger partial charge in [-0.25, -0.2) is 13.2 Å². The summed E-state index contributed by atoms with van der Waals surface area (Å²) in [5.41, 5.74) is -1.52. The summed E-state index contributed by atoms with van der Waals surface area (Å²) in [5, 5.41) is 0.603. The van der Waals surface area contributed by atoms with Crippen molar-refractivity contribution in [3.63, 3.8) is 0 Å². The minimum absolute atomic E-state index is 0.0771. The summed E-state index contributed by atoms with van der Waals surface area (Å²) in [4.78, 5) is 12.3. The van der Waals surface area contributed by atoms with Gasteiger partial charge in [0.1, 0.15) is 10.6 Å². The molecule has 8 nitrogen and oxygen atoms in total. The lowest BCUT2D eigenvalue weighted by molar-refractivity contribution is 0.475. The Bertz CT molecular complexity index is 1560. The molecule has 1 heterocycles. The second-order valence-electron chi connectivity index (χ2n) is 6.53. The van der Waals surface area contributed by atoms with Crippen LogP contribution in [0.2, 0.25) is 5.02 Å². The highest BCUT2D eigenvalue weighted by Gasteiger charge is 2.21. The lowest BCUT2D eigenvalue weighted by atomic mass is 10.2. The number of nitrogens with one attached hydrogen (secondary N) is 1. The molecule has 0 spiro atoms. The lowest BCUT2D eigenvalue weighted by Crippen LogP contribution is -2.18. The number of sulfonamides is 1. The molecule has 3 aromatic carbocycles. The Hall–Kier alpha value is -3.34. The van der Waals surface area contributed by atoms with Crippen molar-refractivity contribution in [3.05, 3.63) is 94.3 Å². The molecule has 0 aliphatic carbocycles. The zero-order chi connectivity index (χ0) is 22.9. The summed E-state index contributed by atoms with van der Waals surface area (Å²) < 4.78 is 62.7. The van der Waals surface area contributed by atoms with Crippen LogP contribution in [-0.4, -0.2) is 16.8 Å². The summed E-state index contributed by atoms with van der Waals surface area (Å²) >= 11 is 5.78. The Morgan fingerprint density at radius 3 is 2.19 bits per heavy atom. The summed E-state index contributed by atoms with van der Waals surface area (Å²) in [6, 6.07) is 18.4. The first-order valence-corrected chi connectivity index (χ1v) is 12.3. The summed E-state index contributed by atoms with van der Waals surface area (Å²) in [5.74, 6) is -0.212. The molecule has 0 aliphatic heterocycles. The summed E-state index contributed by atoms with van der Waals surface area (Å²) in [6.45, 7) is 0. The molecule has 0 fully saturated rings. The third-order valence-electron chi connectivity index (χ3n) is 4.32. The van der Waals surface area contributed by atoms with Crippen LogP contribution in [0, 0.1) is 0 Å². The molecule has 1 N–H and O–H groups in total. The number of hydrogen-bond donors (Lipinski definition) is 1. The van der Waals surface area contributed by atoms with Crippen molar-refractivity contribution in [2.24, 2.45) is 0 Å². The third-order valence-corrected chi connectivity index (χ3v) is 7.21. The van der Waals surface area contributed by atoms with Gasteiger partial charge in [-0.15, -0.1) is 0 Å². The van der Waals surface area contributed by atoms with E-state index in [4.69, 9.17) is 20.2 Å². The van der Waals surface area contributed by atoms with Crippen LogP contribution in [0.15, 0.2) is 97.9 Å². The number of fused-ring (bicyclic) bond motifs is 1. The predicted octanol–water partition coefficient (Wildman–Crippen LogP) is 4.01. The molecule has 0 unspecified atom stereocenters. The Labute approximate surface area is 188 Å². The molecule has 11 heteroatoms. The first-order valence-electron chi connectivity index (χ1n) is 9.00. The largest absolute Gasteiger partial charge is 0.417 e. The number of para-hydroxylation sites is 1. The third kappa shape index (κ3) is 4.47. The van der Waals surface area contributed by atoms with Gasteiger partial charge in [-0.3, -0.25) is 4.72 Å². The van der Waals surface area contributed by atoms with E-state index < -0.39 is 25.8 Å². The van der Waals surface area contributed by atoms with Crippen LogP contribution >= 0.6 is 11.6 Å². The van der Waals surface area contributed by atoms with Crippen molar-refractivity contribution in [1.29, 1.82) is 0 Å². The molecule has 0 amide bonds. The minimum atomic E-state index is -4.18. The first-order chi connectivity index (χ1) is 15.2. The van der Waals surface area contributed by atoms with Crippen LogP contribution in [0.25, 0.3) is 11.0 Å². The van der Waals surface area contributed by atoms with E-state index in [1.807, 2.05) is 0 Å². The number of rotatable bonds is 6. The summed E-state index contributed by atoms with van der Waals surface area (Å²) in [6.07, 6.45) is 0. The molecule has 0 bridgehead atoms. The second-order valence-corrected chi connectivity index (χ2v) is 10.2. The molecule has 32 heavy (non-hydrogen) atoms. The lowest BCUT2D eigenvalue weighted by Gasteiger charge is -2.10. The maximum Gasteiger partial charge on any atom is 0.360 e. The van der Waals surface area contributed by atoms with Gasteiger partial charge < -0.3 is 8.60 Å². The van der Waals surface area contributed by atoms with E-state index in [9.17, 15) is 21.6 Å². The van der Waals surface area contributed by atoms with Crippen molar-refractivity contribution >= 4 is 48.4 Å². The summed E-state index contributed by atoms with van der Waals surface area (Å²) in [7, 11) is -8.27. The molecular weight excluding hydrogens is 478 g/mol. The SMILES string of the molecule is O=c1oc2c(OS(=O)(=O)c3ccccc3)cccc2cc1NS(=O)(=O)c1ccc(Cl)cc1. The van der Waals surface area contributed by atoms with E-state index in [1.54, 1.807) is 18.2 Å². The van der Waals surface area contributed by atoms with Crippen LogP contribution in [0.5, 0.6) is 5.75 Å². The van der Waals surface area contributed by atoms with Crippen molar-refractivity contribution < 1.29 is 25.4 Å². The van der Waals surface area contributed by atoms with E-state index in [2.05, 4.69) is 4.72 Å². The van der Waals surface area contributed by atoms with Gasteiger partial charge in [0.25, 0.3) is 10.0 Å². The fraction of sp³-hybridized carbons (Fsp3) is 0. The van der Waals surface area contributed by atoms with Crippen molar-refractivity contribution in [3.8, 4) is 5.75 Å². The predicted molar refractivity (Wildman–Crippen MR) is 119 cm³/mol. The van der Waals surface area contributed by atoms with Gasteiger partial charge in [0.05, 0.1) is 4.90 Å². The van der Waals surface area contributed by atoms with Gasteiger partial charge in [0.2, 0.25) is 0 Å². The Morgan fingerprint density at radius 2 is 1.50 bits per heavy atom. The Kier molecular flexibility index (Phi) is 5.68.